The zero-order valence-electron chi connectivity index (χ0n) is 13.1. The first-order valence-corrected chi connectivity index (χ1v) is 8.53. The van der Waals surface area contributed by atoms with E-state index in [0.29, 0.717) is 19.3 Å². The Morgan fingerprint density at radius 1 is 1.27 bits per heavy atom. The predicted octanol–water partition coefficient (Wildman–Crippen LogP) is 1.87. The Bertz CT molecular complexity index is 577. The number of aromatic nitrogens is 2. The number of nitrogens with one attached hydrogen (secondary N) is 1. The molecule has 1 fully saturated rings. The summed E-state index contributed by atoms with van der Waals surface area (Å²) in [4.78, 5) is 32.1. The van der Waals surface area contributed by atoms with E-state index >= 15 is 0 Å². The van der Waals surface area contributed by atoms with Crippen LogP contribution in [0.25, 0.3) is 0 Å². The van der Waals surface area contributed by atoms with Gasteiger partial charge in [0.25, 0.3) is 0 Å². The molecule has 2 N–H and O–H groups in total. The third-order valence-corrected chi connectivity index (χ3v) is 4.73. The lowest BCUT2D eigenvalue weighted by atomic mass is 9.76. The molecule has 1 saturated carbocycles. The Labute approximate surface area is 134 Å². The topological polar surface area (TPSA) is 92.2 Å². The van der Waals surface area contributed by atoms with Gasteiger partial charge in [0, 0.05) is 17.8 Å². The average molecular weight is 323 g/mol. The fraction of sp³-hybridized carbons (Fsp3) is 0.600. The molecular formula is C15H21N3O3S. The second-order valence-electron chi connectivity index (χ2n) is 5.65. The second kappa shape index (κ2) is 6.64. The monoisotopic (exact) mass is 323 g/mol. The molecule has 1 aromatic heterocycles. The lowest BCUT2D eigenvalue weighted by molar-refractivity contribution is -0.151. The molecule has 2 rings (SSSR count). The van der Waals surface area contributed by atoms with Crippen molar-refractivity contribution >= 4 is 23.6 Å². The third kappa shape index (κ3) is 3.40. The van der Waals surface area contributed by atoms with Crippen molar-refractivity contribution in [1.82, 2.24) is 15.3 Å². The molecule has 0 aliphatic heterocycles. The predicted molar refractivity (Wildman–Crippen MR) is 84.0 cm³/mol. The summed E-state index contributed by atoms with van der Waals surface area (Å²) < 4.78 is 0. The van der Waals surface area contributed by atoms with Crippen molar-refractivity contribution in [2.24, 2.45) is 0 Å². The summed E-state index contributed by atoms with van der Waals surface area (Å²) in [6, 6.07) is 0. The summed E-state index contributed by atoms with van der Waals surface area (Å²) in [7, 11) is 0. The van der Waals surface area contributed by atoms with Gasteiger partial charge < -0.3 is 10.4 Å². The molecule has 1 aliphatic rings. The van der Waals surface area contributed by atoms with Crippen LogP contribution in [0, 0.1) is 13.8 Å². The highest BCUT2D eigenvalue weighted by Gasteiger charge is 2.45. The van der Waals surface area contributed by atoms with E-state index in [2.05, 4.69) is 15.3 Å². The Morgan fingerprint density at radius 2 is 1.86 bits per heavy atom. The number of aryl methyl sites for hydroxylation is 2. The number of hydrogen-bond acceptors (Lipinski definition) is 5. The molecule has 1 heterocycles. The molecule has 7 heteroatoms. The van der Waals surface area contributed by atoms with Crippen molar-refractivity contribution in [1.29, 1.82) is 0 Å². The van der Waals surface area contributed by atoms with Gasteiger partial charge in [-0.25, -0.2) is 14.8 Å². The molecule has 22 heavy (non-hydrogen) atoms. The summed E-state index contributed by atoms with van der Waals surface area (Å²) in [5, 5.41) is 12.6. The first-order valence-electron chi connectivity index (χ1n) is 7.30. The molecule has 120 valence electrons. The highest BCUT2D eigenvalue weighted by molar-refractivity contribution is 7.98. The van der Waals surface area contributed by atoms with Gasteiger partial charge in [-0.05, 0) is 51.3 Å². The van der Waals surface area contributed by atoms with Crippen LogP contribution in [0.5, 0.6) is 0 Å². The maximum Gasteiger partial charge on any atom is 0.329 e. The lowest BCUT2D eigenvalue weighted by Gasteiger charge is -2.38. The van der Waals surface area contributed by atoms with Crippen LogP contribution in [-0.4, -0.2) is 38.7 Å². The first-order chi connectivity index (χ1) is 10.4. The minimum atomic E-state index is -1.04. The minimum Gasteiger partial charge on any atom is -0.480 e. The number of thioether (sulfide) groups is 1. The smallest absolute Gasteiger partial charge is 0.329 e. The summed E-state index contributed by atoms with van der Waals surface area (Å²) in [6.45, 7) is 3.82. The molecule has 1 amide bonds. The number of carbonyl (C=O) groups is 2. The van der Waals surface area contributed by atoms with E-state index in [1.165, 1.54) is 11.8 Å². The zero-order valence-corrected chi connectivity index (χ0v) is 13.9. The standard InChI is InChI=1S/C15H21N3O3S/c1-9-11(10(2)17-14(16-9)22-3)5-6-12(19)18-15(13(20)21)7-4-8-15/h4-8H2,1-3H3,(H,18,19)(H,20,21). The molecular weight excluding hydrogens is 302 g/mol. The Morgan fingerprint density at radius 3 is 2.27 bits per heavy atom. The van der Waals surface area contributed by atoms with Crippen LogP contribution in [0.1, 0.15) is 42.6 Å². The highest BCUT2D eigenvalue weighted by atomic mass is 32.2. The van der Waals surface area contributed by atoms with Gasteiger partial charge in [-0.15, -0.1) is 0 Å². The Kier molecular flexibility index (Phi) is 5.05. The molecule has 0 aromatic carbocycles. The number of amides is 1. The maximum absolute atomic E-state index is 12.1. The fourth-order valence-electron chi connectivity index (χ4n) is 2.65. The second-order valence-corrected chi connectivity index (χ2v) is 6.42. The highest BCUT2D eigenvalue weighted by Crippen LogP contribution is 2.32. The van der Waals surface area contributed by atoms with Gasteiger partial charge in [0.05, 0.1) is 0 Å². The van der Waals surface area contributed by atoms with Crippen molar-refractivity contribution in [3.05, 3.63) is 17.0 Å². The molecule has 6 nitrogen and oxygen atoms in total. The summed E-state index contributed by atoms with van der Waals surface area (Å²) in [5.41, 5.74) is 1.67. The number of carbonyl (C=O) groups excluding carboxylic acids is 1. The van der Waals surface area contributed by atoms with Crippen LogP contribution in [0.3, 0.4) is 0 Å². The summed E-state index contributed by atoms with van der Waals surface area (Å²) >= 11 is 1.49. The van der Waals surface area contributed by atoms with Gasteiger partial charge in [0.15, 0.2) is 5.16 Å². The minimum absolute atomic E-state index is 0.227. The van der Waals surface area contributed by atoms with E-state index < -0.39 is 11.5 Å². The van der Waals surface area contributed by atoms with Gasteiger partial charge in [0.2, 0.25) is 5.91 Å². The number of hydrogen-bond donors (Lipinski definition) is 2. The molecule has 0 bridgehead atoms. The van der Waals surface area contributed by atoms with Crippen molar-refractivity contribution in [2.75, 3.05) is 6.26 Å². The maximum atomic E-state index is 12.1. The molecule has 0 radical (unpaired) electrons. The van der Waals surface area contributed by atoms with Crippen LogP contribution in [0.2, 0.25) is 0 Å². The van der Waals surface area contributed by atoms with Gasteiger partial charge in [-0.3, -0.25) is 4.79 Å². The quantitative estimate of drug-likeness (QED) is 0.613. The number of aliphatic carboxylic acids is 1. The Hall–Kier alpha value is -1.63. The van der Waals surface area contributed by atoms with E-state index in [0.717, 1.165) is 28.5 Å². The Balaban J connectivity index is 1.98. The SMILES string of the molecule is CSc1nc(C)c(CCC(=O)NC2(C(=O)O)CCC2)c(C)n1. The molecule has 0 atom stereocenters. The van der Waals surface area contributed by atoms with E-state index in [-0.39, 0.29) is 12.3 Å². The first kappa shape index (κ1) is 16.7. The van der Waals surface area contributed by atoms with E-state index in [1.807, 2.05) is 20.1 Å². The average Bonchev–Trinajstić information content (AvgIpc) is 2.41. The third-order valence-electron chi connectivity index (χ3n) is 4.18. The van der Waals surface area contributed by atoms with Gasteiger partial charge in [0.1, 0.15) is 5.54 Å². The van der Waals surface area contributed by atoms with Crippen LogP contribution in [0.15, 0.2) is 5.16 Å². The zero-order chi connectivity index (χ0) is 16.3. The normalized spacial score (nSPS) is 16.0. The number of carboxylic acids is 1. The number of rotatable bonds is 6. The summed E-state index contributed by atoms with van der Waals surface area (Å²) in [5.74, 6) is -1.16. The summed E-state index contributed by atoms with van der Waals surface area (Å²) in [6.07, 6.45) is 4.56. The van der Waals surface area contributed by atoms with Gasteiger partial charge in [-0.2, -0.15) is 0 Å². The molecule has 1 aromatic rings. The van der Waals surface area contributed by atoms with E-state index in [9.17, 15) is 14.7 Å². The van der Waals surface area contributed by atoms with Crippen molar-refractivity contribution in [2.45, 2.75) is 56.6 Å². The largest absolute Gasteiger partial charge is 0.480 e. The van der Waals surface area contributed by atoms with E-state index in [4.69, 9.17) is 0 Å². The lowest BCUT2D eigenvalue weighted by Crippen LogP contribution is -2.59. The van der Waals surface area contributed by atoms with Crippen molar-refractivity contribution in [3.63, 3.8) is 0 Å². The fourth-order valence-corrected chi connectivity index (χ4v) is 3.11. The molecule has 1 aliphatic carbocycles. The number of nitrogens with zero attached hydrogens (tertiary/aromatic N) is 2. The van der Waals surface area contributed by atoms with Crippen LogP contribution < -0.4 is 5.32 Å². The van der Waals surface area contributed by atoms with Crippen LogP contribution in [0.4, 0.5) is 0 Å². The molecule has 0 spiro atoms. The van der Waals surface area contributed by atoms with Crippen LogP contribution in [-0.2, 0) is 16.0 Å². The molecule has 0 saturated heterocycles. The van der Waals surface area contributed by atoms with Gasteiger partial charge >= 0.3 is 5.97 Å². The van der Waals surface area contributed by atoms with Gasteiger partial charge in [-0.1, -0.05) is 11.8 Å². The van der Waals surface area contributed by atoms with Crippen LogP contribution >= 0.6 is 11.8 Å². The van der Waals surface area contributed by atoms with Crippen molar-refractivity contribution in [3.8, 4) is 0 Å². The molecule has 0 unspecified atom stereocenters. The number of carboxylic acid groups (broad SMARTS) is 1. The van der Waals surface area contributed by atoms with E-state index in [1.54, 1.807) is 0 Å². The van der Waals surface area contributed by atoms with Crippen molar-refractivity contribution < 1.29 is 14.7 Å².